The number of fused-ring (bicyclic) bond motifs is 1. The van der Waals surface area contributed by atoms with E-state index in [0.29, 0.717) is 30.5 Å². The number of rotatable bonds is 2. The molecule has 4 rings (SSSR count). The zero-order chi connectivity index (χ0) is 17.4. The second-order valence-corrected chi connectivity index (χ2v) is 6.22. The highest BCUT2D eigenvalue weighted by molar-refractivity contribution is 5.94. The molecule has 2 atom stereocenters. The van der Waals surface area contributed by atoms with E-state index in [0.717, 1.165) is 5.56 Å². The van der Waals surface area contributed by atoms with Crippen LogP contribution in [0.25, 0.3) is 0 Å². The van der Waals surface area contributed by atoms with Gasteiger partial charge in [0.1, 0.15) is 11.6 Å². The average Bonchev–Trinajstić information content (AvgIpc) is 2.62. The van der Waals surface area contributed by atoms with Crippen LogP contribution in [0.2, 0.25) is 0 Å². The molecule has 0 aliphatic carbocycles. The highest BCUT2D eigenvalue weighted by Crippen LogP contribution is 2.34. The van der Waals surface area contributed by atoms with Gasteiger partial charge in [-0.05, 0) is 36.8 Å². The Morgan fingerprint density at radius 1 is 1.24 bits per heavy atom. The number of nitrogens with zero attached hydrogens (tertiary/aromatic N) is 2. The third-order valence-corrected chi connectivity index (χ3v) is 4.38. The Bertz CT molecular complexity index is 797. The molecule has 3 heterocycles. The van der Waals surface area contributed by atoms with Crippen molar-refractivity contribution in [1.29, 1.82) is 0 Å². The Labute approximate surface area is 144 Å². The maximum absolute atomic E-state index is 13.2. The predicted molar refractivity (Wildman–Crippen MR) is 90.3 cm³/mol. The molecule has 25 heavy (non-hydrogen) atoms. The maximum Gasteiger partial charge on any atom is 0.263 e. The molecule has 6 nitrogen and oxygen atoms in total. The van der Waals surface area contributed by atoms with Crippen LogP contribution < -0.4 is 15.0 Å². The molecular weight excluding hydrogens is 325 g/mol. The van der Waals surface area contributed by atoms with Crippen molar-refractivity contribution in [2.45, 2.75) is 19.1 Å². The molecule has 1 fully saturated rings. The van der Waals surface area contributed by atoms with Gasteiger partial charge in [0.15, 0.2) is 18.2 Å². The molecule has 2 aliphatic rings. The van der Waals surface area contributed by atoms with E-state index >= 15 is 0 Å². The van der Waals surface area contributed by atoms with Gasteiger partial charge in [-0.25, -0.2) is 9.37 Å². The minimum atomic E-state index is -0.271. The molecule has 2 unspecified atom stereocenters. The Morgan fingerprint density at radius 2 is 2.04 bits per heavy atom. The van der Waals surface area contributed by atoms with Crippen LogP contribution in [0.4, 0.5) is 16.0 Å². The number of morpholine rings is 1. The van der Waals surface area contributed by atoms with E-state index in [1.807, 2.05) is 13.0 Å². The molecular formula is C18H18FN3O3. The summed E-state index contributed by atoms with van der Waals surface area (Å²) in [5.74, 6) is 1.21. The molecule has 1 aromatic heterocycles. The van der Waals surface area contributed by atoms with Gasteiger partial charge in [-0.1, -0.05) is 12.1 Å². The van der Waals surface area contributed by atoms with Gasteiger partial charge in [-0.2, -0.15) is 0 Å². The number of pyridine rings is 1. The van der Waals surface area contributed by atoms with Crippen LogP contribution in [-0.4, -0.2) is 36.8 Å². The van der Waals surface area contributed by atoms with Gasteiger partial charge in [-0.15, -0.1) is 0 Å². The fourth-order valence-electron chi connectivity index (χ4n) is 3.13. The first-order chi connectivity index (χ1) is 12.1. The fourth-order valence-corrected chi connectivity index (χ4v) is 3.13. The summed E-state index contributed by atoms with van der Waals surface area (Å²) in [6, 6.07) is 10.00. The molecule has 0 spiro atoms. The van der Waals surface area contributed by atoms with Crippen LogP contribution in [-0.2, 0) is 9.53 Å². The van der Waals surface area contributed by atoms with E-state index < -0.39 is 0 Å². The lowest BCUT2D eigenvalue weighted by molar-refractivity contribution is -0.118. The van der Waals surface area contributed by atoms with E-state index in [-0.39, 0.29) is 30.5 Å². The topological polar surface area (TPSA) is 63.7 Å². The first-order valence-electron chi connectivity index (χ1n) is 8.17. The molecule has 1 aromatic carbocycles. The number of carbonyl (C=O) groups is 1. The number of carbonyl (C=O) groups excluding carboxylic acids is 1. The highest BCUT2D eigenvalue weighted by atomic mass is 19.1. The summed E-state index contributed by atoms with van der Waals surface area (Å²) in [6.07, 6.45) is 0.0420. The molecule has 0 saturated carbocycles. The lowest BCUT2D eigenvalue weighted by Gasteiger charge is -2.40. The maximum atomic E-state index is 13.2. The second kappa shape index (κ2) is 6.33. The van der Waals surface area contributed by atoms with Crippen molar-refractivity contribution in [1.82, 2.24) is 4.98 Å². The van der Waals surface area contributed by atoms with Crippen molar-refractivity contribution in [3.63, 3.8) is 0 Å². The van der Waals surface area contributed by atoms with E-state index in [1.165, 1.54) is 12.1 Å². The Balaban J connectivity index is 1.68. The normalized spacial score (nSPS) is 22.8. The van der Waals surface area contributed by atoms with Crippen molar-refractivity contribution in [2.75, 3.05) is 30.0 Å². The summed E-state index contributed by atoms with van der Waals surface area (Å²) in [5, 5.41) is 2.73. The Kier molecular flexibility index (Phi) is 4.01. The van der Waals surface area contributed by atoms with Crippen molar-refractivity contribution in [2.24, 2.45) is 0 Å². The van der Waals surface area contributed by atoms with Gasteiger partial charge in [-0.3, -0.25) is 4.79 Å². The summed E-state index contributed by atoms with van der Waals surface area (Å²) < 4.78 is 24.4. The molecule has 7 heteroatoms. The van der Waals surface area contributed by atoms with Crippen LogP contribution in [0.3, 0.4) is 0 Å². The van der Waals surface area contributed by atoms with Gasteiger partial charge in [0.25, 0.3) is 5.91 Å². The van der Waals surface area contributed by atoms with Gasteiger partial charge in [0.2, 0.25) is 0 Å². The number of benzene rings is 1. The third-order valence-electron chi connectivity index (χ3n) is 4.38. The lowest BCUT2D eigenvalue weighted by atomic mass is 10.0. The summed E-state index contributed by atoms with van der Waals surface area (Å²) in [6.45, 7) is 3.12. The minimum Gasteiger partial charge on any atom is -0.480 e. The minimum absolute atomic E-state index is 0.000813. The lowest BCUT2D eigenvalue weighted by Crippen LogP contribution is -2.44. The summed E-state index contributed by atoms with van der Waals surface area (Å²) in [4.78, 5) is 18.2. The Hall–Kier alpha value is -2.67. The van der Waals surface area contributed by atoms with Gasteiger partial charge >= 0.3 is 0 Å². The van der Waals surface area contributed by atoms with Crippen molar-refractivity contribution in [3.05, 3.63) is 47.8 Å². The molecule has 2 aliphatic heterocycles. The molecule has 2 aromatic rings. The van der Waals surface area contributed by atoms with E-state index in [1.54, 1.807) is 18.2 Å². The third kappa shape index (κ3) is 3.15. The number of amides is 1. The first kappa shape index (κ1) is 15.8. The largest absolute Gasteiger partial charge is 0.480 e. The van der Waals surface area contributed by atoms with E-state index in [4.69, 9.17) is 9.47 Å². The predicted octanol–water partition coefficient (Wildman–Crippen LogP) is 2.52. The number of aromatic nitrogens is 1. The molecule has 0 bridgehead atoms. The van der Waals surface area contributed by atoms with E-state index in [9.17, 15) is 9.18 Å². The monoisotopic (exact) mass is 343 g/mol. The molecule has 1 N–H and O–H groups in total. The number of hydrogen-bond acceptors (Lipinski definition) is 5. The number of anilines is 2. The van der Waals surface area contributed by atoms with Gasteiger partial charge in [0, 0.05) is 6.54 Å². The molecule has 1 saturated heterocycles. The standard InChI is InChI=1S/C18H18FN3O3/c1-11-8-22(14(9-24-11)12-2-4-13(19)5-3-12)16-7-6-15-18(20-16)21-17(23)10-25-15/h2-7,11,14H,8-10H2,1H3,(H,20,21,23). The summed E-state index contributed by atoms with van der Waals surface area (Å²) >= 11 is 0. The number of ether oxygens (including phenoxy) is 2. The SMILES string of the molecule is CC1CN(c2ccc3c(n2)NC(=O)CO3)C(c2ccc(F)cc2)CO1. The van der Waals surface area contributed by atoms with Crippen molar-refractivity contribution in [3.8, 4) is 5.75 Å². The summed E-state index contributed by atoms with van der Waals surface area (Å²) in [7, 11) is 0. The van der Waals surface area contributed by atoms with Crippen LogP contribution in [0, 0.1) is 5.82 Å². The zero-order valence-electron chi connectivity index (χ0n) is 13.7. The van der Waals surface area contributed by atoms with Crippen LogP contribution in [0.15, 0.2) is 36.4 Å². The van der Waals surface area contributed by atoms with E-state index in [2.05, 4.69) is 15.2 Å². The molecule has 130 valence electrons. The Morgan fingerprint density at radius 3 is 2.84 bits per heavy atom. The van der Waals surface area contributed by atoms with Crippen LogP contribution in [0.5, 0.6) is 5.75 Å². The highest BCUT2D eigenvalue weighted by Gasteiger charge is 2.30. The van der Waals surface area contributed by atoms with Gasteiger partial charge < -0.3 is 19.7 Å². The number of nitrogens with one attached hydrogen (secondary N) is 1. The van der Waals surface area contributed by atoms with Crippen molar-refractivity contribution < 1.29 is 18.7 Å². The molecule has 0 radical (unpaired) electrons. The quantitative estimate of drug-likeness (QED) is 0.908. The smallest absolute Gasteiger partial charge is 0.263 e. The zero-order valence-corrected chi connectivity index (χ0v) is 13.7. The number of hydrogen-bond donors (Lipinski definition) is 1. The first-order valence-corrected chi connectivity index (χ1v) is 8.17. The number of halogens is 1. The fraction of sp³-hybridized carbons (Fsp3) is 0.333. The van der Waals surface area contributed by atoms with Crippen LogP contribution in [0.1, 0.15) is 18.5 Å². The molecule has 1 amide bonds. The summed E-state index contributed by atoms with van der Waals surface area (Å²) in [5.41, 5.74) is 0.952. The second-order valence-electron chi connectivity index (χ2n) is 6.22. The van der Waals surface area contributed by atoms with Crippen molar-refractivity contribution >= 4 is 17.5 Å². The average molecular weight is 343 g/mol. The van der Waals surface area contributed by atoms with Gasteiger partial charge in [0.05, 0.1) is 18.8 Å². The van der Waals surface area contributed by atoms with Crippen LogP contribution >= 0.6 is 0 Å².